The molecule has 12 heavy (non-hydrogen) atoms. The molecule has 2 saturated heterocycles. The molecule has 2 heterocycles. The first-order chi connectivity index (χ1) is 5.69. The average molecular weight is 177 g/mol. The molecule has 70 valence electrons. The SMILES string of the molecule is OC[C@]12C[C@@H](F)CN1CCC2F. The van der Waals surface area contributed by atoms with Gasteiger partial charge in [-0.1, -0.05) is 0 Å². The molecule has 0 bridgehead atoms. The molecule has 2 aliphatic heterocycles. The van der Waals surface area contributed by atoms with Gasteiger partial charge < -0.3 is 5.11 Å². The Morgan fingerprint density at radius 1 is 1.50 bits per heavy atom. The number of aliphatic hydroxyl groups excluding tert-OH is 1. The maximum absolute atomic E-state index is 13.3. The molecule has 1 unspecified atom stereocenters. The van der Waals surface area contributed by atoms with Crippen LogP contribution in [-0.2, 0) is 0 Å². The second-order valence-corrected chi connectivity index (χ2v) is 3.77. The molecule has 2 fully saturated rings. The van der Waals surface area contributed by atoms with Crippen molar-refractivity contribution >= 4 is 0 Å². The van der Waals surface area contributed by atoms with Crippen molar-refractivity contribution in [3.05, 3.63) is 0 Å². The lowest BCUT2D eigenvalue weighted by Gasteiger charge is -2.30. The summed E-state index contributed by atoms with van der Waals surface area (Å²) in [6.45, 7) is 0.623. The Bertz CT molecular complexity index is 190. The Labute approximate surface area is 70.2 Å². The van der Waals surface area contributed by atoms with Crippen LogP contribution in [0.4, 0.5) is 8.78 Å². The van der Waals surface area contributed by atoms with E-state index in [0.717, 1.165) is 0 Å². The molecule has 0 aromatic carbocycles. The molecule has 2 aliphatic rings. The Morgan fingerprint density at radius 2 is 2.25 bits per heavy atom. The van der Waals surface area contributed by atoms with Gasteiger partial charge in [0.1, 0.15) is 12.3 Å². The smallest absolute Gasteiger partial charge is 0.122 e. The van der Waals surface area contributed by atoms with Crippen molar-refractivity contribution in [2.45, 2.75) is 30.7 Å². The van der Waals surface area contributed by atoms with Crippen LogP contribution in [0.1, 0.15) is 12.8 Å². The van der Waals surface area contributed by atoms with Crippen molar-refractivity contribution in [3.8, 4) is 0 Å². The first-order valence-electron chi connectivity index (χ1n) is 4.33. The Balaban J connectivity index is 2.22. The third kappa shape index (κ3) is 0.910. The maximum atomic E-state index is 13.3. The number of fused-ring (bicyclic) bond motifs is 1. The van der Waals surface area contributed by atoms with Gasteiger partial charge in [0, 0.05) is 19.5 Å². The van der Waals surface area contributed by atoms with E-state index in [2.05, 4.69) is 0 Å². The van der Waals surface area contributed by atoms with Gasteiger partial charge in [-0.3, -0.25) is 4.90 Å². The Kier molecular flexibility index (Phi) is 1.84. The van der Waals surface area contributed by atoms with Crippen LogP contribution in [-0.4, -0.2) is 47.6 Å². The van der Waals surface area contributed by atoms with E-state index in [1.807, 2.05) is 0 Å². The van der Waals surface area contributed by atoms with Gasteiger partial charge in [-0.25, -0.2) is 8.78 Å². The molecule has 1 N–H and O–H groups in total. The molecular formula is C8H13F2NO. The van der Waals surface area contributed by atoms with Crippen LogP contribution >= 0.6 is 0 Å². The highest BCUT2D eigenvalue weighted by Crippen LogP contribution is 2.41. The minimum absolute atomic E-state index is 0.157. The predicted molar refractivity (Wildman–Crippen MR) is 40.4 cm³/mol. The monoisotopic (exact) mass is 177 g/mol. The van der Waals surface area contributed by atoms with Crippen LogP contribution in [0, 0.1) is 0 Å². The third-order valence-corrected chi connectivity index (χ3v) is 3.13. The zero-order chi connectivity index (χ0) is 8.77. The van der Waals surface area contributed by atoms with Crippen molar-refractivity contribution in [2.24, 2.45) is 0 Å². The number of halogens is 2. The van der Waals surface area contributed by atoms with Gasteiger partial charge in [-0.05, 0) is 6.42 Å². The molecule has 0 aromatic rings. The van der Waals surface area contributed by atoms with E-state index in [4.69, 9.17) is 5.11 Å². The van der Waals surface area contributed by atoms with Crippen molar-refractivity contribution in [3.63, 3.8) is 0 Å². The number of hydrogen-bond acceptors (Lipinski definition) is 2. The summed E-state index contributed by atoms with van der Waals surface area (Å²) >= 11 is 0. The fraction of sp³-hybridized carbons (Fsp3) is 1.00. The van der Waals surface area contributed by atoms with Gasteiger partial charge in [-0.15, -0.1) is 0 Å². The van der Waals surface area contributed by atoms with Crippen LogP contribution in [0.25, 0.3) is 0 Å². The van der Waals surface area contributed by atoms with Crippen molar-refractivity contribution in [1.29, 1.82) is 0 Å². The van der Waals surface area contributed by atoms with Crippen LogP contribution in [0.15, 0.2) is 0 Å². The summed E-state index contributed by atoms with van der Waals surface area (Å²) in [6, 6.07) is 0. The van der Waals surface area contributed by atoms with Crippen molar-refractivity contribution in [2.75, 3.05) is 19.7 Å². The molecule has 0 aromatic heterocycles. The highest BCUT2D eigenvalue weighted by Gasteiger charge is 2.54. The molecule has 0 saturated carbocycles. The molecule has 0 radical (unpaired) electrons. The third-order valence-electron chi connectivity index (χ3n) is 3.13. The van der Waals surface area contributed by atoms with E-state index >= 15 is 0 Å². The van der Waals surface area contributed by atoms with E-state index in [1.54, 1.807) is 4.90 Å². The lowest BCUT2D eigenvalue weighted by atomic mass is 9.93. The van der Waals surface area contributed by atoms with Gasteiger partial charge in [0.15, 0.2) is 0 Å². The summed E-state index contributed by atoms with van der Waals surface area (Å²) in [5, 5.41) is 9.07. The van der Waals surface area contributed by atoms with Crippen LogP contribution in [0.2, 0.25) is 0 Å². The first-order valence-corrected chi connectivity index (χ1v) is 4.33. The van der Waals surface area contributed by atoms with E-state index in [9.17, 15) is 8.78 Å². The zero-order valence-corrected chi connectivity index (χ0v) is 6.84. The average Bonchev–Trinajstić information content (AvgIpc) is 2.50. The molecule has 2 rings (SSSR count). The summed E-state index contributed by atoms with van der Waals surface area (Å²) in [5.41, 5.74) is -0.876. The largest absolute Gasteiger partial charge is 0.394 e. The van der Waals surface area contributed by atoms with Crippen LogP contribution in [0.3, 0.4) is 0 Å². The summed E-state index contributed by atoms with van der Waals surface area (Å²) in [6.07, 6.45) is -1.42. The molecule has 4 heteroatoms. The zero-order valence-electron chi connectivity index (χ0n) is 6.84. The van der Waals surface area contributed by atoms with E-state index in [1.165, 1.54) is 0 Å². The number of hydrogen-bond donors (Lipinski definition) is 1. The molecule has 2 nitrogen and oxygen atoms in total. The first kappa shape index (κ1) is 8.38. The van der Waals surface area contributed by atoms with E-state index in [0.29, 0.717) is 19.5 Å². The fourth-order valence-electron chi connectivity index (χ4n) is 2.44. The van der Waals surface area contributed by atoms with E-state index in [-0.39, 0.29) is 13.0 Å². The normalized spacial score (nSPS) is 48.2. The van der Waals surface area contributed by atoms with Gasteiger partial charge in [0.05, 0.1) is 12.1 Å². The van der Waals surface area contributed by atoms with Crippen LogP contribution < -0.4 is 0 Å². The lowest BCUT2D eigenvalue weighted by molar-refractivity contribution is 0.0492. The highest BCUT2D eigenvalue weighted by atomic mass is 19.1. The predicted octanol–water partition coefficient (Wildman–Crippen LogP) is 0.503. The Hall–Kier alpha value is -0.220. The molecular weight excluding hydrogens is 164 g/mol. The second kappa shape index (κ2) is 2.64. The van der Waals surface area contributed by atoms with Gasteiger partial charge in [0.2, 0.25) is 0 Å². The summed E-state index contributed by atoms with van der Waals surface area (Å²) in [7, 11) is 0. The van der Waals surface area contributed by atoms with Gasteiger partial charge in [-0.2, -0.15) is 0 Å². The Morgan fingerprint density at radius 3 is 2.83 bits per heavy atom. The quantitative estimate of drug-likeness (QED) is 0.630. The van der Waals surface area contributed by atoms with Gasteiger partial charge in [0.25, 0.3) is 0 Å². The number of nitrogens with zero attached hydrogens (tertiary/aromatic N) is 1. The standard InChI is InChI=1S/C8H13F2NO/c9-6-3-8(5-12)7(10)1-2-11(8)4-6/h6-7,12H,1-5H2/t6-,7?,8+/m1/s1. The lowest BCUT2D eigenvalue weighted by Crippen LogP contribution is -2.47. The molecule has 0 spiro atoms. The summed E-state index contributed by atoms with van der Waals surface area (Å²) in [5.74, 6) is 0. The summed E-state index contributed by atoms with van der Waals surface area (Å²) in [4.78, 5) is 1.75. The molecule has 0 aliphatic carbocycles. The minimum Gasteiger partial charge on any atom is -0.394 e. The van der Waals surface area contributed by atoms with Crippen molar-refractivity contribution in [1.82, 2.24) is 4.90 Å². The number of aliphatic hydroxyl groups is 1. The number of alkyl halides is 2. The number of rotatable bonds is 1. The fourth-order valence-corrected chi connectivity index (χ4v) is 2.44. The highest BCUT2D eigenvalue weighted by molar-refractivity contribution is 5.08. The maximum Gasteiger partial charge on any atom is 0.122 e. The summed E-state index contributed by atoms with van der Waals surface area (Å²) < 4.78 is 26.3. The van der Waals surface area contributed by atoms with Crippen molar-refractivity contribution < 1.29 is 13.9 Å². The second-order valence-electron chi connectivity index (χ2n) is 3.77. The van der Waals surface area contributed by atoms with Crippen LogP contribution in [0.5, 0.6) is 0 Å². The molecule has 0 amide bonds. The molecule has 3 atom stereocenters. The minimum atomic E-state index is -1.05. The van der Waals surface area contributed by atoms with E-state index < -0.39 is 17.9 Å². The van der Waals surface area contributed by atoms with Gasteiger partial charge >= 0.3 is 0 Å². The topological polar surface area (TPSA) is 23.5 Å².